The van der Waals surface area contributed by atoms with Gasteiger partial charge in [-0.15, -0.1) is 0 Å². The van der Waals surface area contributed by atoms with E-state index < -0.39 is 0 Å². The van der Waals surface area contributed by atoms with Gasteiger partial charge in [0.2, 0.25) is 11.7 Å². The molecule has 7 nitrogen and oxygen atoms in total. The molecule has 0 saturated heterocycles. The van der Waals surface area contributed by atoms with E-state index in [9.17, 15) is 0 Å². The molecule has 0 aliphatic heterocycles. The molecule has 7 heteroatoms. The molecular formula is C25H32N4O3. The average molecular weight is 437 g/mol. The van der Waals surface area contributed by atoms with Crippen molar-refractivity contribution in [3.8, 4) is 17.2 Å². The van der Waals surface area contributed by atoms with Gasteiger partial charge >= 0.3 is 0 Å². The molecule has 3 rings (SSSR count). The summed E-state index contributed by atoms with van der Waals surface area (Å²) >= 11 is 0. The smallest absolute Gasteiger partial charge is 0.221 e. The van der Waals surface area contributed by atoms with Gasteiger partial charge in [-0.05, 0) is 56.4 Å². The lowest BCUT2D eigenvalue weighted by molar-refractivity contribution is 0.247. The first-order valence-electron chi connectivity index (χ1n) is 11.1. The summed E-state index contributed by atoms with van der Waals surface area (Å²) in [6, 6.07) is 14.4. The van der Waals surface area contributed by atoms with Crippen LogP contribution in [0.15, 0.2) is 48.7 Å². The first-order valence-corrected chi connectivity index (χ1v) is 11.1. The molecule has 0 radical (unpaired) electrons. The minimum Gasteiger partial charge on any atom is -0.490 e. The van der Waals surface area contributed by atoms with Crippen LogP contribution in [-0.2, 0) is 12.8 Å². The van der Waals surface area contributed by atoms with E-state index in [-0.39, 0.29) is 5.95 Å². The number of rotatable bonds is 12. The third kappa shape index (κ3) is 6.51. The quantitative estimate of drug-likeness (QED) is 0.405. The highest BCUT2D eigenvalue weighted by Crippen LogP contribution is 2.40. The minimum atomic E-state index is 0.160. The molecule has 0 aliphatic rings. The van der Waals surface area contributed by atoms with Gasteiger partial charge < -0.3 is 25.7 Å². The summed E-state index contributed by atoms with van der Waals surface area (Å²) in [5.74, 6) is 2.48. The minimum absolute atomic E-state index is 0.160. The fourth-order valence-corrected chi connectivity index (χ4v) is 3.44. The van der Waals surface area contributed by atoms with Gasteiger partial charge in [0.25, 0.3) is 0 Å². The number of ether oxygens (including phenoxy) is 3. The fourth-order valence-electron chi connectivity index (χ4n) is 3.44. The van der Waals surface area contributed by atoms with Crippen LogP contribution in [0, 0.1) is 0 Å². The van der Waals surface area contributed by atoms with E-state index in [0.29, 0.717) is 49.3 Å². The molecule has 0 spiro atoms. The Morgan fingerprint density at radius 3 is 2.16 bits per heavy atom. The Labute approximate surface area is 189 Å². The molecule has 0 amide bonds. The number of nitrogens with zero attached hydrogens (tertiary/aromatic N) is 2. The Kier molecular flexibility index (Phi) is 8.54. The summed E-state index contributed by atoms with van der Waals surface area (Å²) in [4.78, 5) is 8.09. The van der Waals surface area contributed by atoms with Crippen molar-refractivity contribution in [3.63, 3.8) is 0 Å². The van der Waals surface area contributed by atoms with E-state index in [1.165, 1.54) is 5.56 Å². The Hall–Kier alpha value is -3.48. The van der Waals surface area contributed by atoms with Gasteiger partial charge in [0.05, 0.1) is 19.8 Å². The molecule has 2 aromatic carbocycles. The van der Waals surface area contributed by atoms with E-state index in [2.05, 4.69) is 34.2 Å². The van der Waals surface area contributed by atoms with Gasteiger partial charge in [-0.25, -0.2) is 4.98 Å². The third-order valence-corrected chi connectivity index (χ3v) is 4.94. The lowest BCUT2D eigenvalue weighted by atomic mass is 10.1. The molecule has 32 heavy (non-hydrogen) atoms. The van der Waals surface area contributed by atoms with Gasteiger partial charge in [-0.2, -0.15) is 4.98 Å². The maximum Gasteiger partial charge on any atom is 0.221 e. The molecule has 0 atom stereocenters. The fraction of sp³-hybridized carbons (Fsp3) is 0.360. The number of nitrogens with two attached hydrogens (primary N) is 2. The second kappa shape index (κ2) is 11.8. The van der Waals surface area contributed by atoms with Gasteiger partial charge in [0, 0.05) is 18.2 Å². The molecule has 3 aromatic rings. The van der Waals surface area contributed by atoms with Crippen LogP contribution in [0.25, 0.3) is 0 Å². The number of benzene rings is 2. The number of hydrogen-bond acceptors (Lipinski definition) is 7. The number of aryl methyl sites for hydroxylation is 1. The first-order chi connectivity index (χ1) is 15.6. The SMILES string of the molecule is CCOc1cc(Cc2cnc(N)nc2N)cc(OCC)c1OCCCCc1ccccc1. The monoisotopic (exact) mass is 436 g/mol. The van der Waals surface area contributed by atoms with E-state index in [1.54, 1.807) is 6.20 Å². The standard InChI is InChI=1S/C25H32N4O3/c1-3-30-21-15-19(14-20-17-28-25(27)29-24(20)26)16-22(31-4-2)23(21)32-13-9-8-12-18-10-6-5-7-11-18/h5-7,10-11,15-17H,3-4,8-9,12-14H2,1-2H3,(H4,26,27,28,29). The second-order valence-corrected chi connectivity index (χ2v) is 7.39. The van der Waals surface area contributed by atoms with Crippen LogP contribution < -0.4 is 25.7 Å². The van der Waals surface area contributed by atoms with Crippen LogP contribution in [0.5, 0.6) is 17.2 Å². The first kappa shape index (κ1) is 23.2. The highest BCUT2D eigenvalue weighted by atomic mass is 16.5. The second-order valence-electron chi connectivity index (χ2n) is 7.39. The molecule has 170 valence electrons. The van der Waals surface area contributed by atoms with Crippen LogP contribution in [0.1, 0.15) is 43.4 Å². The molecule has 1 aromatic heterocycles. The summed E-state index contributed by atoms with van der Waals surface area (Å²) in [6.07, 6.45) is 5.20. The van der Waals surface area contributed by atoms with Crippen LogP contribution in [-0.4, -0.2) is 29.8 Å². The maximum absolute atomic E-state index is 6.14. The molecule has 0 bridgehead atoms. The van der Waals surface area contributed by atoms with Crippen LogP contribution in [0.3, 0.4) is 0 Å². The van der Waals surface area contributed by atoms with Crippen molar-refractivity contribution in [3.05, 3.63) is 65.4 Å². The number of hydrogen-bond donors (Lipinski definition) is 2. The van der Waals surface area contributed by atoms with Gasteiger partial charge in [-0.1, -0.05) is 30.3 Å². The van der Waals surface area contributed by atoms with E-state index in [1.807, 2.05) is 32.0 Å². The Morgan fingerprint density at radius 1 is 0.844 bits per heavy atom. The lowest BCUT2D eigenvalue weighted by Gasteiger charge is -2.18. The molecule has 0 aliphatic carbocycles. The van der Waals surface area contributed by atoms with Crippen molar-refractivity contribution in [2.75, 3.05) is 31.3 Å². The Balaban J connectivity index is 1.72. The number of anilines is 2. The topological polar surface area (TPSA) is 106 Å². The van der Waals surface area contributed by atoms with Gasteiger partial charge in [-0.3, -0.25) is 0 Å². The molecule has 0 unspecified atom stereocenters. The van der Waals surface area contributed by atoms with Crippen molar-refractivity contribution in [2.45, 2.75) is 39.5 Å². The predicted molar refractivity (Wildman–Crippen MR) is 127 cm³/mol. The lowest BCUT2D eigenvalue weighted by Crippen LogP contribution is -2.07. The summed E-state index contributed by atoms with van der Waals surface area (Å²) in [6.45, 7) is 5.52. The van der Waals surface area contributed by atoms with Crippen LogP contribution >= 0.6 is 0 Å². The van der Waals surface area contributed by atoms with Crippen molar-refractivity contribution in [1.82, 2.24) is 9.97 Å². The summed E-state index contributed by atoms with van der Waals surface area (Å²) in [5, 5.41) is 0. The zero-order valence-corrected chi connectivity index (χ0v) is 18.8. The van der Waals surface area contributed by atoms with Crippen molar-refractivity contribution in [2.24, 2.45) is 0 Å². The van der Waals surface area contributed by atoms with E-state index >= 15 is 0 Å². The molecule has 1 heterocycles. The van der Waals surface area contributed by atoms with Gasteiger partial charge in [0.15, 0.2) is 11.5 Å². The molecule has 0 saturated carbocycles. The van der Waals surface area contributed by atoms with Crippen molar-refractivity contribution >= 4 is 11.8 Å². The van der Waals surface area contributed by atoms with Crippen molar-refractivity contribution in [1.29, 1.82) is 0 Å². The summed E-state index contributed by atoms with van der Waals surface area (Å²) in [5.41, 5.74) is 14.7. The van der Waals surface area contributed by atoms with E-state index in [0.717, 1.165) is 30.4 Å². The molecule has 0 fully saturated rings. The largest absolute Gasteiger partial charge is 0.490 e. The summed E-state index contributed by atoms with van der Waals surface area (Å²) in [7, 11) is 0. The van der Waals surface area contributed by atoms with Crippen LogP contribution in [0.2, 0.25) is 0 Å². The molecular weight excluding hydrogens is 404 g/mol. The molecule has 4 N–H and O–H groups in total. The third-order valence-electron chi connectivity index (χ3n) is 4.94. The number of aromatic nitrogens is 2. The van der Waals surface area contributed by atoms with Crippen molar-refractivity contribution < 1.29 is 14.2 Å². The highest BCUT2D eigenvalue weighted by Gasteiger charge is 2.16. The zero-order valence-electron chi connectivity index (χ0n) is 18.8. The Bertz CT molecular complexity index is 969. The average Bonchev–Trinajstić information content (AvgIpc) is 2.78. The normalized spacial score (nSPS) is 10.7. The maximum atomic E-state index is 6.14. The number of unbranched alkanes of at least 4 members (excludes halogenated alkanes) is 1. The predicted octanol–water partition coefficient (Wildman–Crippen LogP) is 4.43. The Morgan fingerprint density at radius 2 is 1.53 bits per heavy atom. The summed E-state index contributed by atoms with van der Waals surface area (Å²) < 4.78 is 17.9. The zero-order chi connectivity index (χ0) is 22.8. The van der Waals surface area contributed by atoms with Crippen LogP contribution in [0.4, 0.5) is 11.8 Å². The highest BCUT2D eigenvalue weighted by molar-refractivity contribution is 5.55. The number of nitrogen functional groups attached to an aromatic ring is 2. The van der Waals surface area contributed by atoms with Gasteiger partial charge in [0.1, 0.15) is 5.82 Å². The van der Waals surface area contributed by atoms with E-state index in [4.69, 9.17) is 25.7 Å².